The number of carbonyl (C=O) groups excluding carboxylic acids is 2. The Morgan fingerprint density at radius 3 is 2.52 bits per heavy atom. The maximum absolute atomic E-state index is 12.8. The van der Waals surface area contributed by atoms with Crippen molar-refractivity contribution in [2.24, 2.45) is 0 Å². The molecule has 1 aromatic heterocycles. The Kier molecular flexibility index (Phi) is 5.34. The number of nitrogens with zero attached hydrogens (tertiary/aromatic N) is 2. The lowest BCUT2D eigenvalue weighted by Crippen LogP contribution is -2.50. The molecule has 0 bridgehead atoms. The second kappa shape index (κ2) is 7.49. The molecular weight excluding hydrogens is 364 g/mol. The number of methoxy groups -OCH3 is 1. The minimum Gasteiger partial charge on any atom is -0.497 e. The summed E-state index contributed by atoms with van der Waals surface area (Å²) in [5, 5.41) is 1.27. The van der Waals surface area contributed by atoms with Crippen LogP contribution in [0.1, 0.15) is 16.6 Å². The monoisotopic (exact) mass is 382 g/mol. The van der Waals surface area contributed by atoms with E-state index in [4.69, 9.17) is 21.1 Å². The maximum atomic E-state index is 12.8. The Balaban J connectivity index is 1.75. The van der Waals surface area contributed by atoms with E-state index < -0.39 is 0 Å². The minimum absolute atomic E-state index is 0.103. The summed E-state index contributed by atoms with van der Waals surface area (Å²) in [5.74, 6) is 0.600. The largest absolute Gasteiger partial charge is 0.497 e. The van der Waals surface area contributed by atoms with Crippen molar-refractivity contribution in [2.45, 2.75) is 6.92 Å². The number of piperazine rings is 1. The lowest BCUT2D eigenvalue weighted by Gasteiger charge is -2.33. The van der Waals surface area contributed by atoms with Gasteiger partial charge in [-0.05, 0) is 25.1 Å². The van der Waals surface area contributed by atoms with E-state index in [1.165, 1.54) is 11.3 Å². The van der Waals surface area contributed by atoms with E-state index in [-0.39, 0.29) is 12.0 Å². The van der Waals surface area contributed by atoms with Gasteiger partial charge in [-0.25, -0.2) is 4.79 Å². The van der Waals surface area contributed by atoms with E-state index >= 15 is 0 Å². The number of fused-ring (bicyclic) bond motifs is 1. The standard InChI is InChI=1S/C17H19ClN2O4S/c1-3-24-17(22)20-8-6-19(7-9-20)16(21)15-14(18)12-10-11(23-2)4-5-13(12)25-15/h4-5,10H,3,6-9H2,1-2H3. The Morgan fingerprint density at radius 1 is 1.20 bits per heavy atom. The molecule has 1 fully saturated rings. The van der Waals surface area contributed by atoms with Gasteiger partial charge in [-0.15, -0.1) is 11.3 Å². The molecule has 0 aliphatic carbocycles. The quantitative estimate of drug-likeness (QED) is 0.815. The smallest absolute Gasteiger partial charge is 0.409 e. The molecule has 25 heavy (non-hydrogen) atoms. The normalized spacial score (nSPS) is 14.7. The zero-order chi connectivity index (χ0) is 18.0. The first kappa shape index (κ1) is 17.8. The second-order valence-corrected chi connectivity index (χ2v) is 7.02. The highest BCUT2D eigenvalue weighted by atomic mass is 35.5. The summed E-state index contributed by atoms with van der Waals surface area (Å²) in [6, 6.07) is 5.59. The fraction of sp³-hybridized carbons (Fsp3) is 0.412. The average Bonchev–Trinajstić information content (AvgIpc) is 2.97. The maximum Gasteiger partial charge on any atom is 0.409 e. The number of thiophene rings is 1. The Hall–Kier alpha value is -1.99. The number of amides is 2. The zero-order valence-corrected chi connectivity index (χ0v) is 15.7. The summed E-state index contributed by atoms with van der Waals surface area (Å²) >= 11 is 7.82. The highest BCUT2D eigenvalue weighted by Crippen LogP contribution is 2.38. The van der Waals surface area contributed by atoms with Crippen LogP contribution in [-0.4, -0.2) is 61.7 Å². The first-order valence-corrected chi connectivity index (χ1v) is 9.21. The molecule has 1 aromatic carbocycles. The summed E-state index contributed by atoms with van der Waals surface area (Å²) in [5.41, 5.74) is 0. The molecule has 6 nitrogen and oxygen atoms in total. The Bertz CT molecular complexity index is 799. The van der Waals surface area contributed by atoms with E-state index in [2.05, 4.69) is 0 Å². The first-order valence-electron chi connectivity index (χ1n) is 8.02. The van der Waals surface area contributed by atoms with E-state index in [0.717, 1.165) is 10.1 Å². The van der Waals surface area contributed by atoms with Crippen LogP contribution in [0, 0.1) is 0 Å². The second-order valence-electron chi connectivity index (χ2n) is 5.59. The van der Waals surface area contributed by atoms with Gasteiger partial charge in [0.05, 0.1) is 18.7 Å². The van der Waals surface area contributed by atoms with Gasteiger partial charge in [-0.3, -0.25) is 4.79 Å². The van der Waals surface area contributed by atoms with Gasteiger partial charge in [-0.1, -0.05) is 11.6 Å². The van der Waals surface area contributed by atoms with Crippen molar-refractivity contribution in [3.05, 3.63) is 28.1 Å². The van der Waals surface area contributed by atoms with Crippen molar-refractivity contribution in [3.8, 4) is 5.75 Å². The lowest BCUT2D eigenvalue weighted by atomic mass is 10.2. The molecule has 2 heterocycles. The van der Waals surface area contributed by atoms with Gasteiger partial charge in [0.1, 0.15) is 10.6 Å². The van der Waals surface area contributed by atoms with Crippen molar-refractivity contribution in [3.63, 3.8) is 0 Å². The number of hydrogen-bond acceptors (Lipinski definition) is 5. The number of halogens is 1. The SMILES string of the molecule is CCOC(=O)N1CCN(C(=O)c2sc3ccc(OC)cc3c2Cl)CC1. The van der Waals surface area contributed by atoms with Crippen LogP contribution in [0.15, 0.2) is 18.2 Å². The van der Waals surface area contributed by atoms with Crippen LogP contribution < -0.4 is 4.74 Å². The fourth-order valence-corrected chi connectivity index (χ4v) is 4.21. The molecule has 134 valence electrons. The van der Waals surface area contributed by atoms with Crippen molar-refractivity contribution < 1.29 is 19.1 Å². The number of ether oxygens (including phenoxy) is 2. The Morgan fingerprint density at radius 2 is 1.88 bits per heavy atom. The molecule has 0 radical (unpaired) electrons. The molecular formula is C17H19ClN2O4S. The molecule has 8 heteroatoms. The van der Waals surface area contributed by atoms with Gasteiger partial charge >= 0.3 is 6.09 Å². The molecule has 1 saturated heterocycles. The van der Waals surface area contributed by atoms with Gasteiger partial charge < -0.3 is 19.3 Å². The molecule has 0 N–H and O–H groups in total. The minimum atomic E-state index is -0.332. The Labute approximate surface area is 154 Å². The molecule has 0 spiro atoms. The molecule has 2 aromatic rings. The third-order valence-electron chi connectivity index (χ3n) is 4.12. The highest BCUT2D eigenvalue weighted by Gasteiger charge is 2.28. The van der Waals surface area contributed by atoms with Crippen molar-refractivity contribution in [2.75, 3.05) is 39.9 Å². The molecule has 1 aliphatic rings. The van der Waals surface area contributed by atoms with Crippen molar-refractivity contribution >= 4 is 45.0 Å². The molecule has 0 saturated carbocycles. The van der Waals surface area contributed by atoms with Gasteiger partial charge in [-0.2, -0.15) is 0 Å². The first-order chi connectivity index (χ1) is 12.0. The summed E-state index contributed by atoms with van der Waals surface area (Å²) in [7, 11) is 1.59. The van der Waals surface area contributed by atoms with Crippen molar-refractivity contribution in [1.29, 1.82) is 0 Å². The van der Waals surface area contributed by atoms with Crippen LogP contribution in [-0.2, 0) is 4.74 Å². The number of carbonyl (C=O) groups is 2. The molecule has 1 aliphatic heterocycles. The number of benzene rings is 1. The molecule has 2 amide bonds. The van der Waals surface area contributed by atoms with Gasteiger partial charge in [0.15, 0.2) is 0 Å². The fourth-order valence-electron chi connectivity index (χ4n) is 2.76. The third-order valence-corrected chi connectivity index (χ3v) is 5.79. The van der Waals surface area contributed by atoms with Crippen LogP contribution in [0.25, 0.3) is 10.1 Å². The third kappa shape index (κ3) is 3.52. The van der Waals surface area contributed by atoms with E-state index in [1.54, 1.807) is 23.8 Å². The van der Waals surface area contributed by atoms with E-state index in [1.807, 2.05) is 18.2 Å². The summed E-state index contributed by atoms with van der Waals surface area (Å²) in [6.45, 7) is 3.97. The number of rotatable bonds is 3. The topological polar surface area (TPSA) is 59.1 Å². The van der Waals surface area contributed by atoms with Crippen LogP contribution in [0.4, 0.5) is 4.79 Å². The molecule has 0 atom stereocenters. The molecule has 0 unspecified atom stereocenters. The van der Waals surface area contributed by atoms with Crippen LogP contribution in [0.3, 0.4) is 0 Å². The van der Waals surface area contributed by atoms with E-state index in [9.17, 15) is 9.59 Å². The summed E-state index contributed by atoms with van der Waals surface area (Å²) in [4.78, 5) is 28.4. The van der Waals surface area contributed by atoms with Gasteiger partial charge in [0.25, 0.3) is 5.91 Å². The van der Waals surface area contributed by atoms with E-state index in [0.29, 0.717) is 48.4 Å². The van der Waals surface area contributed by atoms with Crippen LogP contribution >= 0.6 is 22.9 Å². The highest BCUT2D eigenvalue weighted by molar-refractivity contribution is 7.21. The summed E-state index contributed by atoms with van der Waals surface area (Å²) in [6.07, 6.45) is -0.332. The zero-order valence-electron chi connectivity index (χ0n) is 14.1. The van der Waals surface area contributed by atoms with Gasteiger partial charge in [0, 0.05) is 36.3 Å². The predicted molar refractivity (Wildman–Crippen MR) is 97.9 cm³/mol. The predicted octanol–water partition coefficient (Wildman–Crippen LogP) is 3.48. The van der Waals surface area contributed by atoms with Crippen LogP contribution in [0.5, 0.6) is 5.75 Å². The van der Waals surface area contributed by atoms with Crippen LogP contribution in [0.2, 0.25) is 5.02 Å². The average molecular weight is 383 g/mol. The van der Waals surface area contributed by atoms with Gasteiger partial charge in [0.2, 0.25) is 0 Å². The van der Waals surface area contributed by atoms with Crippen molar-refractivity contribution in [1.82, 2.24) is 9.80 Å². The lowest BCUT2D eigenvalue weighted by molar-refractivity contribution is 0.0574. The molecule has 3 rings (SSSR count). The summed E-state index contributed by atoms with van der Waals surface area (Å²) < 4.78 is 11.2. The number of hydrogen-bond donors (Lipinski definition) is 0.